The second-order valence-corrected chi connectivity index (χ2v) is 6.97. The van der Waals surface area contributed by atoms with Crippen molar-refractivity contribution in [2.24, 2.45) is 0 Å². The zero-order chi connectivity index (χ0) is 16.4. The summed E-state index contributed by atoms with van der Waals surface area (Å²) in [6.45, 7) is 1.11. The molecule has 7 heteroatoms. The van der Waals surface area contributed by atoms with Gasteiger partial charge in [0, 0.05) is 6.54 Å². The zero-order valence-corrected chi connectivity index (χ0v) is 13.6. The average molecular weight is 335 g/mol. The maximum absolute atomic E-state index is 13.2. The number of halogens is 1. The number of rotatable bonds is 5. The molecule has 1 aliphatic rings. The summed E-state index contributed by atoms with van der Waals surface area (Å²) in [5.74, 6) is -0.399. The Bertz CT molecular complexity index is 793. The third-order valence-electron chi connectivity index (χ3n) is 3.73. The first-order valence-electron chi connectivity index (χ1n) is 7.38. The van der Waals surface area contributed by atoms with E-state index < -0.39 is 16.0 Å². The fourth-order valence-electron chi connectivity index (χ4n) is 2.68. The standard InChI is InChI=1S/C16H18FN3O2S/c1-18-11-4-12-19-15-5-2-3-6-16(15)20(23(19,21)22)14-9-7-13(17)8-10-14/h2-3,5-10,18H,4,11-12H2,1H3. The summed E-state index contributed by atoms with van der Waals surface area (Å²) in [6.07, 6.45) is 0.696. The van der Waals surface area contributed by atoms with Gasteiger partial charge in [0.1, 0.15) is 5.82 Å². The summed E-state index contributed by atoms with van der Waals surface area (Å²) < 4.78 is 41.8. The van der Waals surface area contributed by atoms with Gasteiger partial charge in [-0.25, -0.2) is 8.70 Å². The molecule has 3 rings (SSSR count). The molecule has 23 heavy (non-hydrogen) atoms. The molecule has 2 aromatic rings. The molecule has 0 amide bonds. The molecule has 0 radical (unpaired) electrons. The van der Waals surface area contributed by atoms with Gasteiger partial charge in [0.15, 0.2) is 0 Å². The van der Waals surface area contributed by atoms with Crippen LogP contribution >= 0.6 is 0 Å². The molecule has 0 saturated heterocycles. The first kappa shape index (κ1) is 15.8. The summed E-state index contributed by atoms with van der Waals surface area (Å²) in [5, 5.41) is 3.02. The zero-order valence-electron chi connectivity index (χ0n) is 12.7. The molecule has 0 saturated carbocycles. The van der Waals surface area contributed by atoms with E-state index >= 15 is 0 Å². The van der Waals surface area contributed by atoms with Crippen LogP contribution in [0.25, 0.3) is 0 Å². The van der Waals surface area contributed by atoms with E-state index in [4.69, 9.17) is 0 Å². The number of hydrogen-bond donors (Lipinski definition) is 1. The highest BCUT2D eigenvalue weighted by atomic mass is 32.2. The average Bonchev–Trinajstić information content (AvgIpc) is 2.76. The number of benzene rings is 2. The van der Waals surface area contributed by atoms with Crippen molar-refractivity contribution in [3.8, 4) is 0 Å². The predicted octanol–water partition coefficient (Wildman–Crippen LogP) is 2.64. The third-order valence-corrected chi connectivity index (χ3v) is 5.53. The summed E-state index contributed by atoms with van der Waals surface area (Å²) in [5.41, 5.74) is 1.66. The van der Waals surface area contributed by atoms with Crippen LogP contribution in [0.5, 0.6) is 0 Å². The maximum Gasteiger partial charge on any atom is 0.330 e. The predicted molar refractivity (Wildman–Crippen MR) is 89.8 cm³/mol. The number of fused-ring (bicyclic) bond motifs is 1. The molecule has 2 aromatic carbocycles. The van der Waals surface area contributed by atoms with Crippen molar-refractivity contribution in [3.05, 3.63) is 54.3 Å². The Labute approximate surface area is 135 Å². The van der Waals surface area contributed by atoms with Crippen LogP contribution in [0.3, 0.4) is 0 Å². The smallest absolute Gasteiger partial charge is 0.320 e. The maximum atomic E-state index is 13.2. The van der Waals surface area contributed by atoms with Crippen LogP contribution in [-0.2, 0) is 10.2 Å². The van der Waals surface area contributed by atoms with Crippen molar-refractivity contribution in [1.82, 2.24) is 5.32 Å². The number of nitrogens with one attached hydrogen (secondary N) is 1. The third kappa shape index (κ3) is 2.77. The van der Waals surface area contributed by atoms with Crippen molar-refractivity contribution in [3.63, 3.8) is 0 Å². The fourth-order valence-corrected chi connectivity index (χ4v) is 4.43. The molecule has 1 N–H and O–H groups in total. The molecule has 0 aliphatic carbocycles. The van der Waals surface area contributed by atoms with Gasteiger partial charge in [0.25, 0.3) is 0 Å². The second-order valence-electron chi connectivity index (χ2n) is 5.27. The second kappa shape index (κ2) is 6.17. The van der Waals surface area contributed by atoms with Crippen LogP contribution in [0, 0.1) is 5.82 Å². The van der Waals surface area contributed by atoms with Crippen molar-refractivity contribution < 1.29 is 12.8 Å². The van der Waals surface area contributed by atoms with Gasteiger partial charge in [-0.1, -0.05) is 12.1 Å². The Morgan fingerprint density at radius 1 is 1.04 bits per heavy atom. The molecule has 0 spiro atoms. The van der Waals surface area contributed by atoms with Gasteiger partial charge < -0.3 is 5.32 Å². The molecule has 0 fully saturated rings. The van der Waals surface area contributed by atoms with E-state index in [-0.39, 0.29) is 0 Å². The minimum atomic E-state index is -3.72. The van der Waals surface area contributed by atoms with Gasteiger partial charge in [0.2, 0.25) is 0 Å². The van der Waals surface area contributed by atoms with Crippen molar-refractivity contribution in [2.75, 3.05) is 28.7 Å². The largest absolute Gasteiger partial charge is 0.330 e. The lowest BCUT2D eigenvalue weighted by Crippen LogP contribution is -2.36. The van der Waals surface area contributed by atoms with Gasteiger partial charge in [-0.15, -0.1) is 0 Å². The Hall–Kier alpha value is -2.12. The van der Waals surface area contributed by atoms with Crippen molar-refractivity contribution >= 4 is 27.3 Å². The van der Waals surface area contributed by atoms with Gasteiger partial charge in [-0.3, -0.25) is 4.31 Å². The van der Waals surface area contributed by atoms with Crippen LogP contribution < -0.4 is 13.9 Å². The van der Waals surface area contributed by atoms with Gasteiger partial charge in [-0.05, 0) is 56.4 Å². The van der Waals surface area contributed by atoms with Crippen LogP contribution in [0.4, 0.5) is 21.5 Å². The molecule has 0 atom stereocenters. The molecule has 0 unspecified atom stereocenters. The van der Waals surface area contributed by atoms with Crippen molar-refractivity contribution in [2.45, 2.75) is 6.42 Å². The van der Waals surface area contributed by atoms with E-state index in [0.29, 0.717) is 30.0 Å². The summed E-state index contributed by atoms with van der Waals surface area (Å²) >= 11 is 0. The SMILES string of the molecule is CNCCCN1c2ccccc2N(c2ccc(F)cc2)S1(=O)=O. The normalized spacial score (nSPS) is 15.7. The van der Waals surface area contributed by atoms with Gasteiger partial charge in [-0.2, -0.15) is 8.42 Å². The first-order chi connectivity index (χ1) is 11.1. The van der Waals surface area contributed by atoms with Crippen LogP contribution in [0.1, 0.15) is 6.42 Å². The topological polar surface area (TPSA) is 52.6 Å². The van der Waals surface area contributed by atoms with Gasteiger partial charge in [0.05, 0.1) is 17.1 Å². The van der Waals surface area contributed by atoms with Crippen molar-refractivity contribution in [1.29, 1.82) is 0 Å². The summed E-state index contributed by atoms with van der Waals surface area (Å²) in [7, 11) is -1.89. The molecule has 0 bridgehead atoms. The number of nitrogens with zero attached hydrogens (tertiary/aromatic N) is 2. The summed E-state index contributed by atoms with van der Waals surface area (Å²) in [4.78, 5) is 0. The minimum absolute atomic E-state index is 0.387. The quantitative estimate of drug-likeness (QED) is 0.855. The van der Waals surface area contributed by atoms with E-state index in [1.165, 1.54) is 32.9 Å². The highest BCUT2D eigenvalue weighted by Crippen LogP contribution is 2.44. The number of hydrogen-bond acceptors (Lipinski definition) is 3. The highest BCUT2D eigenvalue weighted by molar-refractivity contribution is 7.95. The molecular weight excluding hydrogens is 317 g/mol. The van der Waals surface area contributed by atoms with E-state index in [0.717, 1.165) is 6.54 Å². The van der Waals surface area contributed by atoms with Crippen LogP contribution in [0.2, 0.25) is 0 Å². The Balaban J connectivity index is 2.05. The lowest BCUT2D eigenvalue weighted by Gasteiger charge is -2.21. The van der Waals surface area contributed by atoms with Crippen LogP contribution in [0.15, 0.2) is 48.5 Å². The minimum Gasteiger partial charge on any atom is -0.320 e. The molecule has 1 aliphatic heterocycles. The van der Waals surface area contributed by atoms with Gasteiger partial charge >= 0.3 is 10.2 Å². The molecular formula is C16H18FN3O2S. The first-order valence-corrected chi connectivity index (χ1v) is 8.77. The molecule has 1 heterocycles. The number of para-hydroxylation sites is 2. The molecule has 122 valence electrons. The Morgan fingerprint density at radius 2 is 1.70 bits per heavy atom. The van der Waals surface area contributed by atoms with E-state index in [2.05, 4.69) is 5.32 Å². The van der Waals surface area contributed by atoms with Crippen LogP contribution in [-0.4, -0.2) is 28.6 Å². The van der Waals surface area contributed by atoms with E-state index in [1.807, 2.05) is 13.1 Å². The summed E-state index contributed by atoms with van der Waals surface area (Å²) in [6, 6.07) is 12.6. The van der Waals surface area contributed by atoms with E-state index in [9.17, 15) is 12.8 Å². The lowest BCUT2D eigenvalue weighted by atomic mass is 10.2. The number of anilines is 3. The monoisotopic (exact) mass is 335 g/mol. The lowest BCUT2D eigenvalue weighted by molar-refractivity contribution is 0.591. The van der Waals surface area contributed by atoms with E-state index in [1.54, 1.807) is 18.2 Å². The molecule has 5 nitrogen and oxygen atoms in total. The Kier molecular flexibility index (Phi) is 4.23. The Morgan fingerprint density at radius 3 is 2.35 bits per heavy atom. The highest BCUT2D eigenvalue weighted by Gasteiger charge is 2.40. The fraction of sp³-hybridized carbons (Fsp3) is 0.250. The molecule has 0 aromatic heterocycles.